The lowest BCUT2D eigenvalue weighted by atomic mass is 10.2. The van der Waals surface area contributed by atoms with Crippen molar-refractivity contribution >= 4 is 46.7 Å². The van der Waals surface area contributed by atoms with Crippen molar-refractivity contribution in [2.24, 2.45) is 10.2 Å². The van der Waals surface area contributed by atoms with Gasteiger partial charge in [-0.1, -0.05) is 11.6 Å². The zero-order chi connectivity index (χ0) is 24.9. The predicted molar refractivity (Wildman–Crippen MR) is 134 cm³/mol. The van der Waals surface area contributed by atoms with Crippen LogP contribution in [0.15, 0.2) is 68.3 Å². The monoisotopic (exact) mass is 513 g/mol. The molecule has 1 amide bonds. The van der Waals surface area contributed by atoms with Crippen molar-refractivity contribution in [1.29, 1.82) is 0 Å². The maximum atomic E-state index is 13.2. The summed E-state index contributed by atoms with van der Waals surface area (Å²) in [5.41, 5.74) is 0.965. The summed E-state index contributed by atoms with van der Waals surface area (Å²) in [6.07, 6.45) is 4.51. The molecule has 2 N–H and O–H groups in total. The van der Waals surface area contributed by atoms with Crippen molar-refractivity contribution in [1.82, 2.24) is 4.90 Å². The molecule has 1 fully saturated rings. The van der Waals surface area contributed by atoms with Crippen LogP contribution in [-0.2, 0) is 11.3 Å². The Hall–Kier alpha value is -3.89. The van der Waals surface area contributed by atoms with Gasteiger partial charge in [-0.15, -0.1) is 5.10 Å². The van der Waals surface area contributed by atoms with Crippen molar-refractivity contribution in [2.75, 3.05) is 14.2 Å². The molecular formula is C24H20ClN3O6S. The SMILES string of the molecule is COc1cc(/C=N\N=C2\S/C(=C\c3cc(Cl)ccc3O)C(=O)N2Cc2ccco2)cc(OC)c1O. The minimum Gasteiger partial charge on any atom is -0.507 e. The van der Waals surface area contributed by atoms with Crippen LogP contribution in [0.4, 0.5) is 0 Å². The lowest BCUT2D eigenvalue weighted by molar-refractivity contribution is -0.122. The number of amides is 1. The Morgan fingerprint density at radius 3 is 2.54 bits per heavy atom. The minimum atomic E-state index is -0.326. The molecule has 11 heteroatoms. The standard InChI is InChI=1S/C24H20ClN3O6S/c1-32-19-8-14(9-20(33-2)22(19)30)12-26-27-24-28(13-17-4-3-7-34-17)23(31)21(35-24)11-15-10-16(25)5-6-18(15)29/h3-12,29-30H,13H2,1-2H3/b21-11-,26-12-,27-24+. The van der Waals surface area contributed by atoms with Crippen molar-refractivity contribution in [3.8, 4) is 23.0 Å². The number of methoxy groups -OCH3 is 2. The number of ether oxygens (including phenoxy) is 2. The van der Waals surface area contributed by atoms with Crippen LogP contribution < -0.4 is 9.47 Å². The van der Waals surface area contributed by atoms with E-state index in [0.717, 1.165) is 11.8 Å². The molecule has 9 nitrogen and oxygen atoms in total. The topological polar surface area (TPSA) is 117 Å². The van der Waals surface area contributed by atoms with Gasteiger partial charge in [0.1, 0.15) is 11.5 Å². The summed E-state index contributed by atoms with van der Waals surface area (Å²) in [6.45, 7) is 0.146. The van der Waals surface area contributed by atoms with Gasteiger partial charge < -0.3 is 24.1 Å². The molecule has 1 aromatic heterocycles. The third-order valence-electron chi connectivity index (χ3n) is 4.91. The van der Waals surface area contributed by atoms with Crippen molar-refractivity contribution in [3.63, 3.8) is 0 Å². The van der Waals surface area contributed by atoms with Gasteiger partial charge in [-0.3, -0.25) is 9.69 Å². The first-order valence-electron chi connectivity index (χ1n) is 10.2. The number of halogens is 1. The minimum absolute atomic E-state index is 0.00785. The van der Waals surface area contributed by atoms with Crippen LogP contribution in [0.3, 0.4) is 0 Å². The Morgan fingerprint density at radius 2 is 1.89 bits per heavy atom. The number of hydrogen-bond acceptors (Lipinski definition) is 9. The third kappa shape index (κ3) is 5.44. The second-order valence-corrected chi connectivity index (χ2v) is 8.63. The number of aromatic hydroxyl groups is 2. The number of furan rings is 1. The number of amidine groups is 1. The Bertz CT molecular complexity index is 1310. The smallest absolute Gasteiger partial charge is 0.267 e. The zero-order valence-corrected chi connectivity index (χ0v) is 20.2. The molecule has 0 aliphatic carbocycles. The van der Waals surface area contributed by atoms with E-state index in [2.05, 4.69) is 10.2 Å². The number of nitrogens with zero attached hydrogens (tertiary/aromatic N) is 3. The number of benzene rings is 2. The number of hydrogen-bond donors (Lipinski definition) is 2. The summed E-state index contributed by atoms with van der Waals surface area (Å²) in [5, 5.41) is 29.3. The number of thioether (sulfide) groups is 1. The van der Waals surface area contributed by atoms with Gasteiger partial charge in [0.15, 0.2) is 16.7 Å². The second-order valence-electron chi connectivity index (χ2n) is 7.19. The summed E-state index contributed by atoms with van der Waals surface area (Å²) in [7, 11) is 2.85. The molecule has 0 radical (unpaired) electrons. The molecule has 0 bridgehead atoms. The molecule has 35 heavy (non-hydrogen) atoms. The molecule has 0 atom stereocenters. The molecule has 0 spiro atoms. The number of phenols is 2. The van der Waals surface area contributed by atoms with Gasteiger partial charge in [0.25, 0.3) is 5.91 Å². The van der Waals surface area contributed by atoms with Crippen LogP contribution in [0.25, 0.3) is 6.08 Å². The lowest BCUT2D eigenvalue weighted by Crippen LogP contribution is -2.28. The maximum absolute atomic E-state index is 13.2. The highest BCUT2D eigenvalue weighted by Crippen LogP contribution is 2.37. The van der Waals surface area contributed by atoms with Gasteiger partial charge in [-0.2, -0.15) is 5.10 Å². The number of phenolic OH excluding ortho intramolecular Hbond substituents is 2. The fraction of sp³-hybridized carbons (Fsp3) is 0.125. The van der Waals surface area contributed by atoms with E-state index in [1.807, 2.05) is 0 Å². The summed E-state index contributed by atoms with van der Waals surface area (Å²) in [6, 6.07) is 11.2. The third-order valence-corrected chi connectivity index (χ3v) is 6.14. The van der Waals surface area contributed by atoms with Gasteiger partial charge in [-0.05, 0) is 60.3 Å². The highest BCUT2D eigenvalue weighted by Gasteiger charge is 2.34. The molecule has 1 aliphatic heterocycles. The highest BCUT2D eigenvalue weighted by atomic mass is 35.5. The molecule has 3 aromatic rings. The Morgan fingerprint density at radius 1 is 1.14 bits per heavy atom. The average molecular weight is 514 g/mol. The largest absolute Gasteiger partial charge is 0.507 e. The molecule has 180 valence electrons. The quantitative estimate of drug-likeness (QED) is 0.263. The van der Waals surface area contributed by atoms with E-state index >= 15 is 0 Å². The van der Waals surface area contributed by atoms with Gasteiger partial charge >= 0.3 is 0 Å². The lowest BCUT2D eigenvalue weighted by Gasteiger charge is -2.12. The Labute approximate surface area is 209 Å². The molecule has 0 unspecified atom stereocenters. The first-order chi connectivity index (χ1) is 16.9. The van der Waals surface area contributed by atoms with Crippen LogP contribution in [0.2, 0.25) is 5.02 Å². The predicted octanol–water partition coefficient (Wildman–Crippen LogP) is 4.87. The van der Waals surface area contributed by atoms with Crippen molar-refractivity contribution in [3.05, 3.63) is 75.5 Å². The van der Waals surface area contributed by atoms with E-state index in [0.29, 0.717) is 32.0 Å². The van der Waals surface area contributed by atoms with Crippen molar-refractivity contribution in [2.45, 2.75) is 6.54 Å². The van der Waals surface area contributed by atoms with E-state index in [-0.39, 0.29) is 35.4 Å². The maximum Gasteiger partial charge on any atom is 0.267 e. The first-order valence-corrected chi connectivity index (χ1v) is 11.4. The summed E-state index contributed by atoms with van der Waals surface area (Å²) in [5.74, 6) is 0.540. The first kappa shape index (κ1) is 24.2. The van der Waals surface area contributed by atoms with E-state index in [1.54, 1.807) is 42.5 Å². The zero-order valence-electron chi connectivity index (χ0n) is 18.6. The van der Waals surface area contributed by atoms with Gasteiger partial charge in [0.2, 0.25) is 5.75 Å². The van der Waals surface area contributed by atoms with Crippen LogP contribution in [0.1, 0.15) is 16.9 Å². The molecular weight excluding hydrogens is 494 g/mol. The fourth-order valence-electron chi connectivity index (χ4n) is 3.20. The molecule has 1 saturated heterocycles. The molecule has 2 aromatic carbocycles. The Balaban J connectivity index is 1.66. The normalized spacial score (nSPS) is 16.1. The Kier molecular flexibility index (Phi) is 7.33. The average Bonchev–Trinajstić information content (AvgIpc) is 3.46. The van der Waals surface area contributed by atoms with Crippen LogP contribution in [0, 0.1) is 0 Å². The molecule has 4 rings (SSSR count). The molecule has 1 aliphatic rings. The second kappa shape index (κ2) is 10.6. The summed E-state index contributed by atoms with van der Waals surface area (Å²) >= 11 is 7.14. The van der Waals surface area contributed by atoms with Gasteiger partial charge in [0, 0.05) is 16.1 Å². The molecule has 2 heterocycles. The highest BCUT2D eigenvalue weighted by molar-refractivity contribution is 8.18. The number of carbonyl (C=O) groups excluding carboxylic acids is 1. The van der Waals surface area contributed by atoms with Gasteiger partial charge in [-0.25, -0.2) is 0 Å². The summed E-state index contributed by atoms with van der Waals surface area (Å²) in [4.78, 5) is 14.9. The fourth-order valence-corrected chi connectivity index (χ4v) is 4.30. The number of rotatable bonds is 7. The number of carbonyl (C=O) groups is 1. The van der Waals surface area contributed by atoms with Crippen molar-refractivity contribution < 1.29 is 28.9 Å². The molecule has 0 saturated carbocycles. The van der Waals surface area contributed by atoms with E-state index in [9.17, 15) is 15.0 Å². The van der Waals surface area contributed by atoms with Crippen LogP contribution in [0.5, 0.6) is 23.0 Å². The van der Waals surface area contributed by atoms with E-state index in [4.69, 9.17) is 25.5 Å². The van der Waals surface area contributed by atoms with Crippen LogP contribution >= 0.6 is 23.4 Å². The summed E-state index contributed by atoms with van der Waals surface area (Å²) < 4.78 is 15.7. The van der Waals surface area contributed by atoms with Crippen LogP contribution in [-0.4, -0.2) is 46.6 Å². The van der Waals surface area contributed by atoms with E-state index < -0.39 is 0 Å². The van der Waals surface area contributed by atoms with Gasteiger partial charge in [0.05, 0.1) is 38.1 Å². The van der Waals surface area contributed by atoms with E-state index in [1.165, 1.54) is 37.7 Å².